The Morgan fingerprint density at radius 3 is 2.88 bits per heavy atom. The van der Waals surface area contributed by atoms with E-state index in [1.807, 2.05) is 6.07 Å². The number of fused-ring (bicyclic) bond motifs is 1. The van der Waals surface area contributed by atoms with Gasteiger partial charge in [0.1, 0.15) is 0 Å². The fourth-order valence-electron chi connectivity index (χ4n) is 2.76. The van der Waals surface area contributed by atoms with Gasteiger partial charge in [0.15, 0.2) is 0 Å². The summed E-state index contributed by atoms with van der Waals surface area (Å²) in [4.78, 5) is 5.81. The first kappa shape index (κ1) is 11.2. The molecule has 0 saturated carbocycles. The predicted molar refractivity (Wildman–Crippen MR) is 65.2 cm³/mol. The second-order valence-corrected chi connectivity index (χ2v) is 5.06. The van der Waals surface area contributed by atoms with Gasteiger partial charge in [-0.05, 0) is 18.9 Å². The van der Waals surface area contributed by atoms with E-state index in [9.17, 15) is 0 Å². The molecule has 0 radical (unpaired) electrons. The standard InChI is InChI=1S/C14H19NO2/c1-11-7-13-9-17-15(14(13)10-16-11)8-12-5-3-2-4-6-12/h2-6,11,13-14H,7-10H2,1H3/t11-,13+,14+/m0/s1. The summed E-state index contributed by atoms with van der Waals surface area (Å²) < 4.78 is 5.74. The van der Waals surface area contributed by atoms with E-state index in [0.29, 0.717) is 18.1 Å². The van der Waals surface area contributed by atoms with Gasteiger partial charge in [0.25, 0.3) is 0 Å². The van der Waals surface area contributed by atoms with Crippen LogP contribution in [0.1, 0.15) is 18.9 Å². The third-order valence-corrected chi connectivity index (χ3v) is 3.74. The van der Waals surface area contributed by atoms with Gasteiger partial charge >= 0.3 is 0 Å². The lowest BCUT2D eigenvalue weighted by molar-refractivity contribution is -0.156. The second kappa shape index (κ2) is 4.77. The second-order valence-electron chi connectivity index (χ2n) is 5.06. The molecule has 0 N–H and O–H groups in total. The van der Waals surface area contributed by atoms with E-state index in [4.69, 9.17) is 9.57 Å². The Kier molecular flexibility index (Phi) is 3.14. The molecule has 17 heavy (non-hydrogen) atoms. The first-order valence-electron chi connectivity index (χ1n) is 6.38. The summed E-state index contributed by atoms with van der Waals surface area (Å²) in [5, 5.41) is 2.10. The lowest BCUT2D eigenvalue weighted by atomic mass is 9.93. The highest BCUT2D eigenvalue weighted by atomic mass is 16.7. The Morgan fingerprint density at radius 1 is 1.24 bits per heavy atom. The highest BCUT2D eigenvalue weighted by molar-refractivity contribution is 5.14. The molecule has 0 bridgehead atoms. The van der Waals surface area contributed by atoms with Crippen molar-refractivity contribution in [2.75, 3.05) is 13.2 Å². The van der Waals surface area contributed by atoms with Crippen LogP contribution in [0.25, 0.3) is 0 Å². The average molecular weight is 233 g/mol. The minimum Gasteiger partial charge on any atom is -0.377 e. The Balaban J connectivity index is 1.66. The normalized spacial score (nSPS) is 33.6. The van der Waals surface area contributed by atoms with Crippen LogP contribution in [0, 0.1) is 5.92 Å². The maximum atomic E-state index is 5.81. The van der Waals surface area contributed by atoms with Gasteiger partial charge in [-0.2, -0.15) is 5.06 Å². The van der Waals surface area contributed by atoms with E-state index >= 15 is 0 Å². The molecule has 0 aliphatic carbocycles. The molecule has 2 saturated heterocycles. The number of ether oxygens (including phenoxy) is 1. The van der Waals surface area contributed by atoms with Crippen molar-refractivity contribution in [1.82, 2.24) is 5.06 Å². The van der Waals surface area contributed by atoms with Gasteiger partial charge in [-0.15, -0.1) is 0 Å². The van der Waals surface area contributed by atoms with Gasteiger partial charge in [-0.25, -0.2) is 0 Å². The van der Waals surface area contributed by atoms with E-state index in [1.54, 1.807) is 0 Å². The minimum absolute atomic E-state index is 0.386. The lowest BCUT2D eigenvalue weighted by Crippen LogP contribution is -2.41. The molecule has 1 aromatic carbocycles. The Hall–Kier alpha value is -0.900. The number of rotatable bonds is 2. The van der Waals surface area contributed by atoms with Gasteiger partial charge in [0, 0.05) is 12.5 Å². The quantitative estimate of drug-likeness (QED) is 0.782. The van der Waals surface area contributed by atoms with E-state index in [2.05, 4.69) is 36.3 Å². The zero-order valence-electron chi connectivity index (χ0n) is 10.2. The molecule has 0 aromatic heterocycles. The highest BCUT2D eigenvalue weighted by Crippen LogP contribution is 2.31. The van der Waals surface area contributed by atoms with Crippen molar-refractivity contribution >= 4 is 0 Å². The molecule has 0 amide bonds. The molecule has 92 valence electrons. The van der Waals surface area contributed by atoms with Gasteiger partial charge in [-0.1, -0.05) is 30.3 Å². The van der Waals surface area contributed by atoms with Crippen LogP contribution in [-0.4, -0.2) is 30.4 Å². The molecule has 1 aromatic rings. The van der Waals surface area contributed by atoms with Crippen molar-refractivity contribution in [1.29, 1.82) is 0 Å². The van der Waals surface area contributed by atoms with E-state index in [0.717, 1.165) is 26.2 Å². The highest BCUT2D eigenvalue weighted by Gasteiger charge is 2.39. The molecule has 2 heterocycles. The largest absolute Gasteiger partial charge is 0.377 e. The van der Waals surface area contributed by atoms with Crippen molar-refractivity contribution in [2.24, 2.45) is 5.92 Å². The van der Waals surface area contributed by atoms with Crippen molar-refractivity contribution in [3.63, 3.8) is 0 Å². The third-order valence-electron chi connectivity index (χ3n) is 3.74. The van der Waals surface area contributed by atoms with Gasteiger partial charge in [0.05, 0.1) is 25.4 Å². The number of hydroxylamine groups is 2. The fourth-order valence-corrected chi connectivity index (χ4v) is 2.76. The number of nitrogens with zero attached hydrogens (tertiary/aromatic N) is 1. The average Bonchev–Trinajstić information content (AvgIpc) is 2.73. The molecule has 2 aliphatic heterocycles. The first-order valence-corrected chi connectivity index (χ1v) is 6.38. The third kappa shape index (κ3) is 2.37. The SMILES string of the molecule is C[C@H]1C[C@@H]2CON(Cc3ccccc3)[C@@H]2CO1. The Morgan fingerprint density at radius 2 is 2.06 bits per heavy atom. The topological polar surface area (TPSA) is 21.7 Å². The molecular weight excluding hydrogens is 214 g/mol. The summed E-state index contributed by atoms with van der Waals surface area (Å²) in [6.07, 6.45) is 1.51. The summed E-state index contributed by atoms with van der Waals surface area (Å²) >= 11 is 0. The van der Waals surface area contributed by atoms with E-state index < -0.39 is 0 Å². The molecule has 3 nitrogen and oxygen atoms in total. The first-order chi connectivity index (χ1) is 8.33. The van der Waals surface area contributed by atoms with Crippen LogP contribution in [0.5, 0.6) is 0 Å². The van der Waals surface area contributed by atoms with Crippen LogP contribution in [0.4, 0.5) is 0 Å². The summed E-state index contributed by atoms with van der Waals surface area (Å²) in [6, 6.07) is 10.9. The number of hydrogen-bond donors (Lipinski definition) is 0. The zero-order chi connectivity index (χ0) is 11.7. The molecule has 3 rings (SSSR count). The summed E-state index contributed by atoms with van der Waals surface area (Å²) in [5.74, 6) is 0.641. The van der Waals surface area contributed by atoms with Crippen LogP contribution in [0.2, 0.25) is 0 Å². The van der Waals surface area contributed by atoms with Crippen LogP contribution in [-0.2, 0) is 16.1 Å². The zero-order valence-corrected chi connectivity index (χ0v) is 10.2. The van der Waals surface area contributed by atoms with Crippen LogP contribution in [0.15, 0.2) is 30.3 Å². The monoisotopic (exact) mass is 233 g/mol. The fraction of sp³-hybridized carbons (Fsp3) is 0.571. The van der Waals surface area contributed by atoms with E-state index in [1.165, 1.54) is 5.56 Å². The van der Waals surface area contributed by atoms with Gasteiger partial charge in [0.2, 0.25) is 0 Å². The van der Waals surface area contributed by atoms with Crippen LogP contribution in [0.3, 0.4) is 0 Å². The lowest BCUT2D eigenvalue weighted by Gasteiger charge is -2.32. The molecule has 0 unspecified atom stereocenters. The summed E-state index contributed by atoms with van der Waals surface area (Å²) in [5.41, 5.74) is 1.30. The predicted octanol–water partition coefficient (Wildman–Crippen LogP) is 2.23. The maximum Gasteiger partial charge on any atom is 0.0731 e. The molecule has 2 fully saturated rings. The Labute approximate surface area is 102 Å². The minimum atomic E-state index is 0.386. The molecular formula is C14H19NO2. The number of hydrogen-bond acceptors (Lipinski definition) is 3. The molecule has 3 heteroatoms. The summed E-state index contributed by atoms with van der Waals surface area (Å²) in [6.45, 7) is 4.67. The maximum absolute atomic E-state index is 5.81. The molecule has 3 atom stereocenters. The van der Waals surface area contributed by atoms with Crippen molar-refractivity contribution in [2.45, 2.75) is 32.0 Å². The molecule has 2 aliphatic rings. The van der Waals surface area contributed by atoms with Crippen LogP contribution < -0.4 is 0 Å². The van der Waals surface area contributed by atoms with Crippen molar-refractivity contribution in [3.05, 3.63) is 35.9 Å². The Bertz CT molecular complexity index is 368. The number of benzene rings is 1. The van der Waals surface area contributed by atoms with E-state index in [-0.39, 0.29) is 0 Å². The molecule has 0 spiro atoms. The van der Waals surface area contributed by atoms with Crippen molar-refractivity contribution < 1.29 is 9.57 Å². The van der Waals surface area contributed by atoms with Gasteiger partial charge in [-0.3, -0.25) is 4.84 Å². The summed E-state index contributed by atoms with van der Waals surface area (Å²) in [7, 11) is 0. The van der Waals surface area contributed by atoms with Gasteiger partial charge < -0.3 is 4.74 Å². The smallest absolute Gasteiger partial charge is 0.0731 e. The van der Waals surface area contributed by atoms with Crippen LogP contribution >= 0.6 is 0 Å². The van der Waals surface area contributed by atoms with Crippen molar-refractivity contribution in [3.8, 4) is 0 Å².